The smallest absolute Gasteiger partial charge is 0.240 e. The Bertz CT molecular complexity index is 567. The van der Waals surface area contributed by atoms with E-state index in [1.165, 1.54) is 0 Å². The minimum Gasteiger partial charge on any atom is -0.491 e. The Hall–Kier alpha value is -0.610. The zero-order valence-corrected chi connectivity index (χ0v) is 16.7. The number of rotatable bonds is 9. The van der Waals surface area contributed by atoms with Crippen LogP contribution in [0.2, 0.25) is 0 Å². The lowest BCUT2D eigenvalue weighted by molar-refractivity contribution is 0.146. The fourth-order valence-corrected chi connectivity index (χ4v) is 3.34. The van der Waals surface area contributed by atoms with Crippen molar-refractivity contribution < 1.29 is 17.9 Å². The first-order valence-corrected chi connectivity index (χ1v) is 9.25. The number of nitrogens with zero attached hydrogens (tertiary/aromatic N) is 1. The molecule has 25 heavy (non-hydrogen) atoms. The minimum atomic E-state index is -3.48. The van der Waals surface area contributed by atoms with Crippen LogP contribution in [0.15, 0.2) is 29.2 Å². The predicted molar refractivity (Wildman–Crippen MR) is 103 cm³/mol. The molecule has 2 rings (SSSR count). The first kappa shape index (κ1) is 24.4. The van der Waals surface area contributed by atoms with Crippen LogP contribution in [0.1, 0.15) is 0 Å². The molecule has 10 heteroatoms. The van der Waals surface area contributed by atoms with Crippen molar-refractivity contribution in [1.29, 1.82) is 0 Å². The minimum absolute atomic E-state index is 0. The summed E-state index contributed by atoms with van der Waals surface area (Å²) in [7, 11) is -1.87. The number of ether oxygens (including phenoxy) is 2. The summed E-state index contributed by atoms with van der Waals surface area (Å²) in [6.45, 7) is 5.88. The van der Waals surface area contributed by atoms with Crippen LogP contribution >= 0.6 is 24.8 Å². The third-order valence-electron chi connectivity index (χ3n) is 3.62. The van der Waals surface area contributed by atoms with E-state index in [9.17, 15) is 8.42 Å². The van der Waals surface area contributed by atoms with E-state index >= 15 is 0 Å². The van der Waals surface area contributed by atoms with Gasteiger partial charge in [0.05, 0.1) is 11.5 Å². The zero-order chi connectivity index (χ0) is 16.5. The van der Waals surface area contributed by atoms with Gasteiger partial charge in [-0.2, -0.15) is 0 Å². The Morgan fingerprint density at radius 3 is 2.36 bits per heavy atom. The number of nitrogens with one attached hydrogen (secondary N) is 2. The zero-order valence-electron chi connectivity index (χ0n) is 14.3. The number of halogens is 2. The van der Waals surface area contributed by atoms with Crippen LogP contribution in [0.5, 0.6) is 5.75 Å². The molecule has 0 atom stereocenters. The van der Waals surface area contributed by atoms with Crippen molar-refractivity contribution in [3.05, 3.63) is 24.3 Å². The molecule has 0 aliphatic carbocycles. The molecule has 2 N–H and O–H groups in total. The fraction of sp³-hybridized carbons (Fsp3) is 0.600. The lowest BCUT2D eigenvalue weighted by Gasteiger charge is -2.27. The highest BCUT2D eigenvalue weighted by atomic mass is 35.5. The van der Waals surface area contributed by atoms with Crippen molar-refractivity contribution in [2.75, 3.05) is 59.6 Å². The molecule has 1 fully saturated rings. The Morgan fingerprint density at radius 1 is 1.12 bits per heavy atom. The molecule has 7 nitrogen and oxygen atoms in total. The Kier molecular flexibility index (Phi) is 12.4. The molecule has 1 aromatic rings. The molecule has 1 aromatic carbocycles. The van der Waals surface area contributed by atoms with Crippen LogP contribution in [0, 0.1) is 0 Å². The second-order valence-electron chi connectivity index (χ2n) is 5.30. The molecule has 1 aliphatic rings. The second kappa shape index (κ2) is 12.7. The largest absolute Gasteiger partial charge is 0.491 e. The average molecular weight is 416 g/mol. The van der Waals surface area contributed by atoms with Crippen molar-refractivity contribution in [3.63, 3.8) is 0 Å². The molecule has 1 aliphatic heterocycles. The van der Waals surface area contributed by atoms with E-state index in [0.717, 1.165) is 32.7 Å². The Balaban J connectivity index is 0.00000288. The molecule has 0 amide bonds. The molecule has 0 bridgehead atoms. The predicted octanol–water partition coefficient (Wildman–Crippen LogP) is 0.739. The molecule has 0 spiro atoms. The van der Waals surface area contributed by atoms with Gasteiger partial charge in [0.1, 0.15) is 12.4 Å². The third kappa shape index (κ3) is 8.54. The van der Waals surface area contributed by atoms with Crippen molar-refractivity contribution in [2.45, 2.75) is 4.90 Å². The van der Waals surface area contributed by atoms with Crippen molar-refractivity contribution in [1.82, 2.24) is 14.9 Å². The summed E-state index contributed by atoms with van der Waals surface area (Å²) in [5.74, 6) is 0.627. The highest BCUT2D eigenvalue weighted by Crippen LogP contribution is 2.15. The van der Waals surface area contributed by atoms with Gasteiger partial charge in [-0.1, -0.05) is 0 Å². The second-order valence-corrected chi connectivity index (χ2v) is 7.07. The van der Waals surface area contributed by atoms with Crippen LogP contribution in [0.4, 0.5) is 0 Å². The third-order valence-corrected chi connectivity index (χ3v) is 5.10. The van der Waals surface area contributed by atoms with Gasteiger partial charge in [0.2, 0.25) is 10.0 Å². The average Bonchev–Trinajstić information content (AvgIpc) is 2.56. The van der Waals surface area contributed by atoms with E-state index in [-0.39, 0.29) is 29.7 Å². The molecule has 1 saturated heterocycles. The summed E-state index contributed by atoms with van der Waals surface area (Å²) in [5, 5.41) is 3.27. The van der Waals surface area contributed by atoms with Crippen LogP contribution < -0.4 is 14.8 Å². The van der Waals surface area contributed by atoms with Gasteiger partial charge in [0.25, 0.3) is 0 Å². The van der Waals surface area contributed by atoms with Gasteiger partial charge in [-0.15, -0.1) is 24.8 Å². The van der Waals surface area contributed by atoms with Crippen molar-refractivity contribution >= 4 is 34.8 Å². The summed E-state index contributed by atoms with van der Waals surface area (Å²) in [4.78, 5) is 2.49. The summed E-state index contributed by atoms with van der Waals surface area (Å²) in [6, 6.07) is 6.41. The lowest BCUT2D eigenvalue weighted by Crippen LogP contribution is -2.46. The first-order valence-electron chi connectivity index (χ1n) is 7.76. The quantitative estimate of drug-likeness (QED) is 0.579. The van der Waals surface area contributed by atoms with Crippen molar-refractivity contribution in [3.8, 4) is 5.75 Å². The molecule has 0 radical (unpaired) electrons. The number of piperazine rings is 1. The van der Waals surface area contributed by atoms with E-state index < -0.39 is 10.0 Å². The van der Waals surface area contributed by atoms with Gasteiger partial charge < -0.3 is 14.8 Å². The SMILES string of the molecule is COCCOc1ccc(S(=O)(=O)NCCN2CCNCC2)cc1.Cl.Cl. The van der Waals surface area contributed by atoms with Crippen LogP contribution in [-0.2, 0) is 14.8 Å². The van der Waals surface area contributed by atoms with Gasteiger partial charge >= 0.3 is 0 Å². The first-order chi connectivity index (χ1) is 11.1. The molecule has 146 valence electrons. The van der Waals surface area contributed by atoms with E-state index in [1.54, 1.807) is 31.4 Å². The van der Waals surface area contributed by atoms with E-state index in [4.69, 9.17) is 9.47 Å². The molecular weight excluding hydrogens is 389 g/mol. The van der Waals surface area contributed by atoms with Gasteiger partial charge in [-0.3, -0.25) is 4.90 Å². The van der Waals surface area contributed by atoms with E-state index in [2.05, 4.69) is 14.9 Å². The maximum atomic E-state index is 12.2. The molecule has 0 aromatic heterocycles. The topological polar surface area (TPSA) is 79.9 Å². The normalized spacial score (nSPS) is 15.1. The monoisotopic (exact) mass is 415 g/mol. The van der Waals surface area contributed by atoms with Crippen LogP contribution in [0.3, 0.4) is 0 Å². The molecule has 0 unspecified atom stereocenters. The Morgan fingerprint density at radius 2 is 1.76 bits per heavy atom. The Labute approximate surface area is 162 Å². The highest BCUT2D eigenvalue weighted by molar-refractivity contribution is 7.89. The fourth-order valence-electron chi connectivity index (χ4n) is 2.31. The highest BCUT2D eigenvalue weighted by Gasteiger charge is 2.15. The number of benzene rings is 1. The lowest BCUT2D eigenvalue weighted by atomic mass is 10.3. The van der Waals surface area contributed by atoms with Crippen LogP contribution in [-0.4, -0.2) is 72.9 Å². The van der Waals surface area contributed by atoms with E-state index in [0.29, 0.717) is 25.5 Å². The summed E-state index contributed by atoms with van der Waals surface area (Å²) >= 11 is 0. The summed E-state index contributed by atoms with van der Waals surface area (Å²) in [6.07, 6.45) is 0. The van der Waals surface area contributed by atoms with Gasteiger partial charge in [0, 0.05) is 46.4 Å². The molecule has 1 heterocycles. The number of hydrogen-bond acceptors (Lipinski definition) is 6. The van der Waals surface area contributed by atoms with E-state index in [1.807, 2.05) is 0 Å². The maximum Gasteiger partial charge on any atom is 0.240 e. The number of methoxy groups -OCH3 is 1. The van der Waals surface area contributed by atoms with Crippen molar-refractivity contribution in [2.24, 2.45) is 0 Å². The van der Waals surface area contributed by atoms with Crippen LogP contribution in [0.25, 0.3) is 0 Å². The number of sulfonamides is 1. The molecule has 0 saturated carbocycles. The summed E-state index contributed by atoms with van der Waals surface area (Å²) < 4.78 is 37.4. The van der Waals surface area contributed by atoms with Gasteiger partial charge in [-0.25, -0.2) is 13.1 Å². The standard InChI is InChI=1S/C15H25N3O4S.2ClH/c1-21-12-13-22-14-2-4-15(5-3-14)23(19,20)17-8-11-18-9-6-16-7-10-18;;/h2-5,16-17H,6-13H2,1H3;2*1H. The summed E-state index contributed by atoms with van der Waals surface area (Å²) in [5.41, 5.74) is 0. The molecular formula is C15H27Cl2N3O4S. The van der Waals surface area contributed by atoms with Gasteiger partial charge in [0.15, 0.2) is 0 Å². The number of hydrogen-bond donors (Lipinski definition) is 2. The maximum absolute atomic E-state index is 12.2. The van der Waals surface area contributed by atoms with Gasteiger partial charge in [-0.05, 0) is 24.3 Å².